The van der Waals surface area contributed by atoms with Gasteiger partial charge in [-0.1, -0.05) is 55.0 Å². The minimum absolute atomic E-state index is 0.0802. The molecule has 2 N–H and O–H groups in total. The van der Waals surface area contributed by atoms with Crippen molar-refractivity contribution in [2.45, 2.75) is 32.7 Å². The lowest BCUT2D eigenvalue weighted by atomic mass is 9.92. The van der Waals surface area contributed by atoms with Gasteiger partial charge in [-0.3, -0.25) is 0 Å². The van der Waals surface area contributed by atoms with Crippen LogP contribution >= 0.6 is 0 Å². The van der Waals surface area contributed by atoms with E-state index in [1.165, 1.54) is 11.1 Å². The molecule has 0 radical (unpaired) electrons. The van der Waals surface area contributed by atoms with Gasteiger partial charge in [-0.25, -0.2) is 4.79 Å². The monoisotopic (exact) mass is 439 g/mol. The number of urea groups is 1. The van der Waals surface area contributed by atoms with E-state index in [2.05, 4.69) is 66.6 Å². The molecule has 33 heavy (non-hydrogen) atoms. The number of carbonyl (C=O) groups excluding carboxylic acids is 1. The van der Waals surface area contributed by atoms with Crippen molar-refractivity contribution in [1.82, 2.24) is 9.88 Å². The highest BCUT2D eigenvalue weighted by Crippen LogP contribution is 2.39. The third-order valence-electron chi connectivity index (χ3n) is 6.63. The second-order valence-corrected chi connectivity index (χ2v) is 8.63. The van der Waals surface area contributed by atoms with E-state index in [1.54, 1.807) is 7.11 Å². The number of H-pyrrole nitrogens is 1. The minimum Gasteiger partial charge on any atom is -0.497 e. The first-order chi connectivity index (χ1) is 16.1. The summed E-state index contributed by atoms with van der Waals surface area (Å²) in [6.07, 6.45) is 1.65. The van der Waals surface area contributed by atoms with Crippen LogP contribution in [-0.2, 0) is 12.8 Å². The molecule has 5 rings (SSSR count). The standard InChI is InChI=1S/C28H29N3O2/c1-4-19-7-5-6-8-24(19)30-28(32)31-16-15-22-23-17-21(33-3)13-14-25(23)29-26(22)27(31)20-11-9-18(2)10-12-20/h5-14,17,27,29H,4,15-16H2,1-3H3,(H,30,32). The maximum atomic E-state index is 13.6. The van der Waals surface area contributed by atoms with Crippen molar-refractivity contribution in [2.24, 2.45) is 0 Å². The summed E-state index contributed by atoms with van der Waals surface area (Å²) < 4.78 is 5.47. The van der Waals surface area contributed by atoms with Gasteiger partial charge in [-0.05, 0) is 60.7 Å². The molecule has 0 saturated carbocycles. The number of nitrogens with zero attached hydrogens (tertiary/aromatic N) is 1. The molecule has 1 atom stereocenters. The number of methoxy groups -OCH3 is 1. The van der Waals surface area contributed by atoms with Gasteiger partial charge in [-0.15, -0.1) is 0 Å². The molecular formula is C28H29N3O2. The van der Waals surface area contributed by atoms with Gasteiger partial charge in [0.25, 0.3) is 0 Å². The number of nitrogens with one attached hydrogen (secondary N) is 2. The molecule has 5 nitrogen and oxygen atoms in total. The first-order valence-corrected chi connectivity index (χ1v) is 11.5. The molecule has 0 spiro atoms. The Kier molecular flexibility index (Phi) is 5.55. The highest BCUT2D eigenvalue weighted by atomic mass is 16.5. The van der Waals surface area contributed by atoms with Crippen LogP contribution in [0.15, 0.2) is 66.7 Å². The number of hydrogen-bond donors (Lipinski definition) is 2. The Hall–Kier alpha value is -3.73. The number of aryl methyl sites for hydroxylation is 2. The summed E-state index contributed by atoms with van der Waals surface area (Å²) in [7, 11) is 1.69. The zero-order chi connectivity index (χ0) is 22.9. The fraction of sp³-hybridized carbons (Fsp3) is 0.250. The van der Waals surface area contributed by atoms with E-state index in [1.807, 2.05) is 29.2 Å². The summed E-state index contributed by atoms with van der Waals surface area (Å²) in [6.45, 7) is 4.82. The van der Waals surface area contributed by atoms with Crippen LogP contribution in [-0.4, -0.2) is 29.6 Å². The van der Waals surface area contributed by atoms with Gasteiger partial charge < -0.3 is 19.9 Å². The van der Waals surface area contributed by atoms with Gasteiger partial charge in [0, 0.05) is 28.8 Å². The molecule has 1 unspecified atom stereocenters. The number of ether oxygens (including phenoxy) is 1. The molecule has 168 valence electrons. The van der Waals surface area contributed by atoms with Crippen LogP contribution in [0.3, 0.4) is 0 Å². The van der Waals surface area contributed by atoms with Gasteiger partial charge in [-0.2, -0.15) is 0 Å². The zero-order valence-electron chi connectivity index (χ0n) is 19.3. The zero-order valence-corrected chi connectivity index (χ0v) is 19.3. The molecule has 0 saturated heterocycles. The minimum atomic E-state index is -0.193. The fourth-order valence-electron chi connectivity index (χ4n) is 4.85. The van der Waals surface area contributed by atoms with Crippen LogP contribution in [0.1, 0.15) is 40.9 Å². The lowest BCUT2D eigenvalue weighted by Crippen LogP contribution is -2.43. The van der Waals surface area contributed by atoms with Crippen LogP contribution in [0.25, 0.3) is 10.9 Å². The summed E-state index contributed by atoms with van der Waals surface area (Å²) in [4.78, 5) is 19.2. The predicted molar refractivity (Wildman–Crippen MR) is 133 cm³/mol. The predicted octanol–water partition coefficient (Wildman–Crippen LogP) is 6.23. The fourth-order valence-corrected chi connectivity index (χ4v) is 4.85. The normalized spacial score (nSPS) is 15.4. The molecule has 1 aromatic heterocycles. The Balaban J connectivity index is 1.58. The van der Waals surface area contributed by atoms with Gasteiger partial charge in [0.15, 0.2) is 0 Å². The van der Waals surface area contributed by atoms with E-state index >= 15 is 0 Å². The largest absolute Gasteiger partial charge is 0.497 e. The van der Waals surface area contributed by atoms with Gasteiger partial charge in [0.05, 0.1) is 13.2 Å². The maximum Gasteiger partial charge on any atom is 0.322 e. The highest BCUT2D eigenvalue weighted by molar-refractivity contribution is 5.92. The van der Waals surface area contributed by atoms with Crippen molar-refractivity contribution in [3.05, 3.63) is 94.7 Å². The SMILES string of the molecule is CCc1ccccc1NC(=O)N1CCc2c([nH]c3ccc(OC)cc23)C1c1ccc(C)cc1. The average Bonchev–Trinajstić information content (AvgIpc) is 3.22. The number of fused-ring (bicyclic) bond motifs is 3. The number of anilines is 1. The molecule has 0 bridgehead atoms. The Morgan fingerprint density at radius 1 is 1.12 bits per heavy atom. The number of rotatable bonds is 4. The van der Waals surface area contributed by atoms with Crippen molar-refractivity contribution >= 4 is 22.6 Å². The first-order valence-electron chi connectivity index (χ1n) is 11.5. The van der Waals surface area contributed by atoms with Gasteiger partial charge in [0.2, 0.25) is 0 Å². The van der Waals surface area contributed by atoms with Crippen molar-refractivity contribution < 1.29 is 9.53 Å². The van der Waals surface area contributed by atoms with Crippen LogP contribution in [0.2, 0.25) is 0 Å². The molecule has 2 amide bonds. The van der Waals surface area contributed by atoms with Crippen LogP contribution in [0.4, 0.5) is 10.5 Å². The summed E-state index contributed by atoms with van der Waals surface area (Å²) >= 11 is 0. The van der Waals surface area contributed by atoms with E-state index in [0.29, 0.717) is 6.54 Å². The van der Waals surface area contributed by atoms with Crippen LogP contribution in [0, 0.1) is 6.92 Å². The number of para-hydroxylation sites is 1. The topological polar surface area (TPSA) is 57.4 Å². The van der Waals surface area contributed by atoms with Crippen molar-refractivity contribution in [2.75, 3.05) is 19.0 Å². The van der Waals surface area contributed by atoms with E-state index in [4.69, 9.17) is 4.74 Å². The Morgan fingerprint density at radius 3 is 2.67 bits per heavy atom. The maximum absolute atomic E-state index is 13.6. The first kappa shape index (κ1) is 21.1. The third kappa shape index (κ3) is 3.84. The van der Waals surface area contributed by atoms with E-state index in [-0.39, 0.29) is 12.1 Å². The van der Waals surface area contributed by atoms with Crippen molar-refractivity contribution in [3.8, 4) is 5.75 Å². The smallest absolute Gasteiger partial charge is 0.322 e. The van der Waals surface area contributed by atoms with Crippen LogP contribution in [0.5, 0.6) is 5.75 Å². The number of aromatic amines is 1. The molecular weight excluding hydrogens is 410 g/mol. The molecule has 4 aromatic rings. The summed E-state index contributed by atoms with van der Waals surface area (Å²) in [6, 6.07) is 22.3. The summed E-state index contributed by atoms with van der Waals surface area (Å²) in [5, 5.41) is 4.34. The lowest BCUT2D eigenvalue weighted by Gasteiger charge is -2.36. The van der Waals surface area contributed by atoms with Gasteiger partial charge in [0.1, 0.15) is 5.75 Å². The molecule has 1 aliphatic heterocycles. The molecule has 0 aliphatic carbocycles. The third-order valence-corrected chi connectivity index (χ3v) is 6.63. The van der Waals surface area contributed by atoms with Gasteiger partial charge >= 0.3 is 6.03 Å². The average molecular weight is 440 g/mol. The van der Waals surface area contributed by atoms with E-state index in [0.717, 1.165) is 52.0 Å². The molecule has 5 heteroatoms. The number of aromatic nitrogens is 1. The Labute approximate surface area is 194 Å². The second-order valence-electron chi connectivity index (χ2n) is 8.63. The second kappa shape index (κ2) is 8.66. The lowest BCUT2D eigenvalue weighted by molar-refractivity contribution is 0.193. The molecule has 2 heterocycles. The number of benzene rings is 3. The number of carbonyl (C=O) groups is 1. The number of hydrogen-bond acceptors (Lipinski definition) is 2. The molecule has 3 aromatic carbocycles. The van der Waals surface area contributed by atoms with E-state index < -0.39 is 0 Å². The summed E-state index contributed by atoms with van der Waals surface area (Å²) in [5.74, 6) is 0.840. The number of amides is 2. The summed E-state index contributed by atoms with van der Waals surface area (Å²) in [5.41, 5.74) is 7.70. The van der Waals surface area contributed by atoms with Crippen molar-refractivity contribution in [3.63, 3.8) is 0 Å². The quantitative estimate of drug-likeness (QED) is 0.396. The van der Waals surface area contributed by atoms with Crippen molar-refractivity contribution in [1.29, 1.82) is 0 Å². The molecule has 0 fully saturated rings. The Morgan fingerprint density at radius 2 is 1.91 bits per heavy atom. The van der Waals surface area contributed by atoms with Crippen LogP contribution < -0.4 is 10.1 Å². The highest BCUT2D eigenvalue weighted by Gasteiger charge is 2.34. The van der Waals surface area contributed by atoms with E-state index in [9.17, 15) is 4.79 Å². The molecule has 1 aliphatic rings. The Bertz CT molecular complexity index is 1310.